The van der Waals surface area contributed by atoms with Crippen molar-refractivity contribution in [2.75, 3.05) is 4.90 Å². The molecule has 58 heavy (non-hydrogen) atoms. The smallest absolute Gasteiger partial charge is 0.0568 e. The molecule has 3 nitrogen and oxygen atoms in total. The molecule has 0 spiro atoms. The molecule has 1 aliphatic carbocycles. The van der Waals surface area contributed by atoms with Crippen molar-refractivity contribution in [1.82, 2.24) is 9.13 Å². The summed E-state index contributed by atoms with van der Waals surface area (Å²) in [4.78, 5) is 2.47. The van der Waals surface area contributed by atoms with Crippen molar-refractivity contribution in [3.8, 4) is 22.5 Å². The summed E-state index contributed by atoms with van der Waals surface area (Å²) in [5, 5.41) is 7.45. The van der Waals surface area contributed by atoms with Gasteiger partial charge in [0.1, 0.15) is 0 Å². The van der Waals surface area contributed by atoms with Crippen LogP contribution < -0.4 is 4.90 Å². The molecule has 0 saturated heterocycles. The molecule has 0 atom stereocenters. The van der Waals surface area contributed by atoms with E-state index in [-0.39, 0.29) is 5.41 Å². The Hall–Kier alpha value is -7.36. The highest BCUT2D eigenvalue weighted by molar-refractivity contribution is 6.25. The lowest BCUT2D eigenvalue weighted by Crippen LogP contribution is -2.16. The summed E-state index contributed by atoms with van der Waals surface area (Å²) in [7, 11) is 0. The van der Waals surface area contributed by atoms with Gasteiger partial charge >= 0.3 is 0 Å². The lowest BCUT2D eigenvalue weighted by Gasteiger charge is -2.29. The average Bonchev–Trinajstić information content (AvgIpc) is 3.87. The highest BCUT2D eigenvalue weighted by atomic mass is 15.1. The van der Waals surface area contributed by atoms with E-state index >= 15 is 0 Å². The van der Waals surface area contributed by atoms with Crippen LogP contribution in [-0.4, -0.2) is 9.13 Å². The van der Waals surface area contributed by atoms with E-state index in [0.717, 1.165) is 28.4 Å². The Balaban J connectivity index is 1.16. The summed E-state index contributed by atoms with van der Waals surface area (Å²) >= 11 is 0. The van der Waals surface area contributed by atoms with Crippen LogP contribution in [0.2, 0.25) is 0 Å². The van der Waals surface area contributed by atoms with Crippen LogP contribution in [0.4, 0.5) is 17.1 Å². The lowest BCUT2D eigenvalue weighted by atomic mass is 9.82. The Morgan fingerprint density at radius 2 is 0.948 bits per heavy atom. The fourth-order valence-electron chi connectivity index (χ4n) is 10.1. The van der Waals surface area contributed by atoms with Crippen LogP contribution >= 0.6 is 0 Å². The summed E-state index contributed by atoms with van der Waals surface area (Å²) in [5.74, 6) is 0. The molecule has 1 aliphatic rings. The van der Waals surface area contributed by atoms with Crippen molar-refractivity contribution in [2.24, 2.45) is 0 Å². The van der Waals surface area contributed by atoms with Gasteiger partial charge in [0.25, 0.3) is 0 Å². The number of para-hydroxylation sites is 4. The zero-order valence-corrected chi connectivity index (χ0v) is 32.4. The molecular weight excluding hydrogens is 703 g/mol. The molecule has 274 valence electrons. The minimum atomic E-state index is -0.121. The molecule has 0 fully saturated rings. The van der Waals surface area contributed by atoms with Crippen LogP contribution in [0, 0.1) is 0 Å². The zero-order chi connectivity index (χ0) is 38.5. The van der Waals surface area contributed by atoms with E-state index < -0.39 is 0 Å². The summed E-state index contributed by atoms with van der Waals surface area (Å²) in [6.07, 6.45) is 0. The van der Waals surface area contributed by atoms with Crippen LogP contribution in [0.25, 0.3) is 76.9 Å². The van der Waals surface area contributed by atoms with Gasteiger partial charge < -0.3 is 14.0 Å². The number of hydrogen-bond donors (Lipinski definition) is 0. The maximum absolute atomic E-state index is 2.48. The summed E-state index contributed by atoms with van der Waals surface area (Å²) < 4.78 is 4.90. The second-order valence-corrected chi connectivity index (χ2v) is 16.1. The zero-order valence-electron chi connectivity index (χ0n) is 32.4. The minimum Gasteiger partial charge on any atom is -0.310 e. The van der Waals surface area contributed by atoms with Crippen molar-refractivity contribution in [3.63, 3.8) is 0 Å². The Labute approximate surface area is 337 Å². The number of fused-ring (bicyclic) bond motifs is 11. The number of aromatic nitrogens is 2. The van der Waals surface area contributed by atoms with Crippen molar-refractivity contribution in [2.45, 2.75) is 19.3 Å². The summed E-state index contributed by atoms with van der Waals surface area (Å²) in [6, 6.07) is 73.7. The Bertz CT molecular complexity index is 3420. The number of benzene rings is 9. The van der Waals surface area contributed by atoms with Gasteiger partial charge in [0, 0.05) is 55.1 Å². The van der Waals surface area contributed by atoms with Gasteiger partial charge in [-0.3, -0.25) is 0 Å². The van der Waals surface area contributed by atoms with Gasteiger partial charge in [-0.2, -0.15) is 0 Å². The van der Waals surface area contributed by atoms with E-state index in [0.29, 0.717) is 0 Å². The minimum absolute atomic E-state index is 0.121. The molecule has 2 heterocycles. The highest BCUT2D eigenvalue weighted by Crippen LogP contribution is 2.52. The van der Waals surface area contributed by atoms with Gasteiger partial charge in [-0.1, -0.05) is 147 Å². The SMILES string of the molecule is CC1(C)c2ccccc2-c2ccc(N(c3ccccc3)c3cc4c(c5ccccc35)c3ccccc3n4-c3ccc4c5ccccc5n(-c5ccccc5)c4c3)cc21. The number of nitrogens with zero attached hydrogens (tertiary/aromatic N) is 3. The first-order chi connectivity index (χ1) is 28.6. The van der Waals surface area contributed by atoms with Crippen LogP contribution in [0.5, 0.6) is 0 Å². The maximum atomic E-state index is 2.48. The molecule has 0 radical (unpaired) electrons. The second kappa shape index (κ2) is 12.3. The lowest BCUT2D eigenvalue weighted by molar-refractivity contribution is 0.660. The molecule has 0 amide bonds. The Morgan fingerprint density at radius 3 is 1.74 bits per heavy atom. The first-order valence-electron chi connectivity index (χ1n) is 20.2. The van der Waals surface area contributed by atoms with Crippen molar-refractivity contribution >= 4 is 71.4 Å². The van der Waals surface area contributed by atoms with Gasteiger partial charge in [-0.25, -0.2) is 0 Å². The molecule has 2 aromatic heterocycles. The molecule has 11 aromatic rings. The molecule has 9 aromatic carbocycles. The van der Waals surface area contributed by atoms with E-state index in [1.54, 1.807) is 0 Å². The van der Waals surface area contributed by atoms with Gasteiger partial charge in [-0.15, -0.1) is 0 Å². The van der Waals surface area contributed by atoms with Crippen LogP contribution in [0.1, 0.15) is 25.0 Å². The maximum Gasteiger partial charge on any atom is 0.0568 e. The number of anilines is 3. The molecule has 12 rings (SSSR count). The van der Waals surface area contributed by atoms with Crippen LogP contribution in [0.3, 0.4) is 0 Å². The van der Waals surface area contributed by atoms with Crippen molar-refractivity contribution < 1.29 is 0 Å². The van der Waals surface area contributed by atoms with Gasteiger partial charge in [0.05, 0.1) is 27.8 Å². The predicted molar refractivity (Wildman–Crippen MR) is 245 cm³/mol. The van der Waals surface area contributed by atoms with E-state index in [1.165, 1.54) is 76.6 Å². The predicted octanol–water partition coefficient (Wildman–Crippen LogP) is 14.8. The number of hydrogen-bond acceptors (Lipinski definition) is 1. The summed E-state index contributed by atoms with van der Waals surface area (Å²) in [6.45, 7) is 4.73. The first kappa shape index (κ1) is 32.8. The van der Waals surface area contributed by atoms with Crippen molar-refractivity contribution in [3.05, 3.63) is 211 Å². The van der Waals surface area contributed by atoms with E-state index in [9.17, 15) is 0 Å². The Kier molecular flexibility index (Phi) is 6.98. The third kappa shape index (κ3) is 4.62. The van der Waals surface area contributed by atoms with E-state index in [2.05, 4.69) is 228 Å². The quantitative estimate of drug-likeness (QED) is 0.171. The monoisotopic (exact) mass is 741 g/mol. The fraction of sp³-hybridized carbons (Fsp3) is 0.0545. The normalized spacial score (nSPS) is 13.1. The molecule has 3 heteroatoms. The standard InChI is InChI=1S/C55H39N3/c1-55(2)47-26-14-11-21-40(47)41-31-29-38(33-48(41)55)56(36-17-5-3-6-18-36)52-35-53-54(45-24-10-9-23-43(45)52)46-25-13-16-28-50(46)58(53)39-30-32-44-42-22-12-15-27-49(42)57(51(44)34-39)37-19-7-4-8-20-37/h3-35H,1-2H3. The molecule has 0 aliphatic heterocycles. The summed E-state index contributed by atoms with van der Waals surface area (Å²) in [5.41, 5.74) is 15.7. The van der Waals surface area contributed by atoms with Crippen LogP contribution in [-0.2, 0) is 5.41 Å². The molecular formula is C55H39N3. The molecule has 0 unspecified atom stereocenters. The van der Waals surface area contributed by atoms with E-state index in [4.69, 9.17) is 0 Å². The Morgan fingerprint density at radius 1 is 0.362 bits per heavy atom. The van der Waals surface area contributed by atoms with E-state index in [1.807, 2.05) is 0 Å². The fourth-order valence-corrected chi connectivity index (χ4v) is 10.1. The number of rotatable bonds is 5. The van der Waals surface area contributed by atoms with Gasteiger partial charge in [0.15, 0.2) is 0 Å². The van der Waals surface area contributed by atoms with Gasteiger partial charge in [0.2, 0.25) is 0 Å². The third-order valence-electron chi connectivity index (χ3n) is 12.7. The first-order valence-corrected chi connectivity index (χ1v) is 20.2. The van der Waals surface area contributed by atoms with Gasteiger partial charge in [-0.05, 0) is 94.4 Å². The largest absolute Gasteiger partial charge is 0.310 e. The molecule has 0 saturated carbocycles. The second-order valence-electron chi connectivity index (χ2n) is 16.1. The average molecular weight is 742 g/mol. The van der Waals surface area contributed by atoms with Crippen LogP contribution in [0.15, 0.2) is 200 Å². The highest BCUT2D eigenvalue weighted by Gasteiger charge is 2.36. The molecule has 0 N–H and O–H groups in total. The third-order valence-corrected chi connectivity index (χ3v) is 12.7. The topological polar surface area (TPSA) is 13.1 Å². The molecule has 0 bridgehead atoms. The van der Waals surface area contributed by atoms with Crippen molar-refractivity contribution in [1.29, 1.82) is 0 Å².